The Morgan fingerprint density at radius 2 is 1.25 bits per heavy atom. The van der Waals surface area contributed by atoms with Gasteiger partial charge in [-0.25, -0.2) is 0 Å². The fourth-order valence-corrected chi connectivity index (χ4v) is 7.83. The highest BCUT2D eigenvalue weighted by Gasteiger charge is 2.35. The van der Waals surface area contributed by atoms with Crippen LogP contribution in [0.3, 0.4) is 0 Å². The topological polar surface area (TPSA) is 8.17 Å². The molecule has 2 heteroatoms. The maximum Gasteiger partial charge on any atom is 0.0561 e. The van der Waals surface area contributed by atoms with Crippen LogP contribution in [0.25, 0.3) is 51.0 Å². The molecule has 2 nitrogen and oxygen atoms in total. The van der Waals surface area contributed by atoms with Crippen molar-refractivity contribution in [1.82, 2.24) is 4.57 Å². The van der Waals surface area contributed by atoms with Gasteiger partial charge in [0.25, 0.3) is 0 Å². The first-order valence-corrected chi connectivity index (χ1v) is 16.8. The Labute approximate surface area is 281 Å². The van der Waals surface area contributed by atoms with E-state index in [1.807, 2.05) is 0 Å². The number of benzene rings is 6. The van der Waals surface area contributed by atoms with E-state index in [9.17, 15) is 0 Å². The van der Waals surface area contributed by atoms with Gasteiger partial charge in [-0.05, 0) is 88.3 Å². The molecule has 0 radical (unpaired) electrons. The van der Waals surface area contributed by atoms with Crippen molar-refractivity contribution in [3.63, 3.8) is 0 Å². The van der Waals surface area contributed by atoms with Gasteiger partial charge >= 0.3 is 0 Å². The number of fused-ring (bicyclic) bond motifs is 6. The Morgan fingerprint density at radius 1 is 0.583 bits per heavy atom. The first-order chi connectivity index (χ1) is 23.6. The molecule has 0 saturated carbocycles. The van der Waals surface area contributed by atoms with E-state index in [4.69, 9.17) is 0 Å². The van der Waals surface area contributed by atoms with Gasteiger partial charge in [0.1, 0.15) is 0 Å². The van der Waals surface area contributed by atoms with Crippen LogP contribution in [-0.2, 0) is 5.41 Å². The molecule has 1 heterocycles. The molecular formula is C46H36N2. The predicted molar refractivity (Wildman–Crippen MR) is 203 cm³/mol. The van der Waals surface area contributed by atoms with E-state index in [1.165, 1.54) is 60.5 Å². The average Bonchev–Trinajstić information content (AvgIpc) is 3.41. The Morgan fingerprint density at radius 3 is 2.06 bits per heavy atom. The number of nitrogens with zero attached hydrogens (tertiary/aromatic N) is 2. The number of aromatic nitrogens is 1. The fraction of sp³-hybridized carbons (Fsp3) is 0.0870. The number of rotatable bonds is 5. The van der Waals surface area contributed by atoms with Crippen molar-refractivity contribution < 1.29 is 0 Å². The van der Waals surface area contributed by atoms with Crippen molar-refractivity contribution in [3.05, 3.63) is 179 Å². The highest BCUT2D eigenvalue weighted by atomic mass is 15.1. The molecule has 0 fully saturated rings. The summed E-state index contributed by atoms with van der Waals surface area (Å²) in [6, 6.07) is 53.1. The van der Waals surface area contributed by atoms with Crippen LogP contribution in [0.4, 0.5) is 17.1 Å². The zero-order chi connectivity index (χ0) is 32.2. The number of hydrogen-bond acceptors (Lipinski definition) is 1. The summed E-state index contributed by atoms with van der Waals surface area (Å²) >= 11 is 0. The highest BCUT2D eigenvalue weighted by molar-refractivity contribution is 5.91. The third-order valence-corrected chi connectivity index (χ3v) is 10.2. The molecule has 7 aromatic rings. The maximum atomic E-state index is 2.48. The molecule has 0 N–H and O–H groups in total. The lowest BCUT2D eigenvalue weighted by Gasteiger charge is -2.26. The molecular weight excluding hydrogens is 581 g/mol. The maximum absolute atomic E-state index is 2.48. The number of allylic oxidation sites excluding steroid dienone is 2. The van der Waals surface area contributed by atoms with Crippen molar-refractivity contribution in [3.8, 4) is 27.9 Å². The smallest absolute Gasteiger partial charge is 0.0561 e. The molecule has 0 amide bonds. The van der Waals surface area contributed by atoms with Crippen molar-refractivity contribution >= 4 is 40.1 Å². The average molecular weight is 617 g/mol. The Bertz CT molecular complexity index is 2480. The Balaban J connectivity index is 1.25. The lowest BCUT2D eigenvalue weighted by atomic mass is 9.82. The lowest BCUT2D eigenvalue weighted by molar-refractivity contribution is 0.659. The number of anilines is 3. The lowest BCUT2D eigenvalue weighted by Crippen LogP contribution is -2.28. The van der Waals surface area contributed by atoms with E-state index in [0.29, 0.717) is 0 Å². The minimum absolute atomic E-state index is 0.0690. The SMILES string of the molecule is CC1(C)c2ccccc2-c2ccc(-n3c4c(c5ccc(N(c6ccccc6)c6ccc(-c7ccccc7)cc6)cc53)=CC=CCC=4)cc21. The van der Waals surface area contributed by atoms with Gasteiger partial charge in [0.05, 0.1) is 10.9 Å². The van der Waals surface area contributed by atoms with E-state index in [1.54, 1.807) is 0 Å². The Hall–Kier alpha value is -5.86. The molecule has 0 saturated heterocycles. The quantitative estimate of drug-likeness (QED) is 0.187. The fourth-order valence-electron chi connectivity index (χ4n) is 7.83. The van der Waals surface area contributed by atoms with E-state index in [0.717, 1.165) is 23.5 Å². The van der Waals surface area contributed by atoms with Crippen molar-refractivity contribution in [2.75, 3.05) is 4.90 Å². The summed E-state index contributed by atoms with van der Waals surface area (Å²) in [5.74, 6) is 0. The van der Waals surface area contributed by atoms with Crippen LogP contribution in [0.5, 0.6) is 0 Å². The van der Waals surface area contributed by atoms with Crippen molar-refractivity contribution in [2.45, 2.75) is 25.7 Å². The van der Waals surface area contributed by atoms with Gasteiger partial charge in [-0.3, -0.25) is 0 Å². The molecule has 0 aliphatic heterocycles. The second-order valence-corrected chi connectivity index (χ2v) is 13.4. The highest BCUT2D eigenvalue weighted by Crippen LogP contribution is 2.49. The molecule has 2 aliphatic rings. The van der Waals surface area contributed by atoms with Gasteiger partial charge in [-0.2, -0.15) is 0 Å². The van der Waals surface area contributed by atoms with Crippen LogP contribution in [0, 0.1) is 0 Å². The molecule has 0 bridgehead atoms. The third-order valence-electron chi connectivity index (χ3n) is 10.2. The summed E-state index contributed by atoms with van der Waals surface area (Å²) in [6.45, 7) is 4.72. The molecule has 1 aromatic heterocycles. The summed E-state index contributed by atoms with van der Waals surface area (Å²) in [6.07, 6.45) is 10.00. The third kappa shape index (κ3) is 4.48. The van der Waals surface area contributed by atoms with Gasteiger partial charge in [-0.15, -0.1) is 0 Å². The standard InChI is InChI=1S/C46H36N2/c1-46(2)42-20-13-12-18-38(42)39-28-26-36(30-43(39)46)48-44-21-11-5-10-19-40(44)41-29-27-37(31-45(41)48)47(34-16-8-4-9-17-34)35-24-22-33(23-25-35)32-14-6-3-7-15-32/h3-10,12-31H,11H2,1-2H3. The predicted octanol–water partition coefficient (Wildman–Crippen LogP) is 10.6. The van der Waals surface area contributed by atoms with E-state index in [2.05, 4.69) is 193 Å². The summed E-state index contributed by atoms with van der Waals surface area (Å²) in [5, 5.41) is 3.78. The van der Waals surface area contributed by atoms with Crippen LogP contribution in [-0.4, -0.2) is 4.57 Å². The summed E-state index contributed by atoms with van der Waals surface area (Å²) < 4.78 is 2.48. The van der Waals surface area contributed by atoms with Gasteiger partial charge in [-0.1, -0.05) is 135 Å². The second-order valence-electron chi connectivity index (χ2n) is 13.4. The molecule has 0 spiro atoms. The van der Waals surface area contributed by atoms with Crippen LogP contribution < -0.4 is 15.5 Å². The van der Waals surface area contributed by atoms with Gasteiger partial charge in [0.15, 0.2) is 0 Å². The first kappa shape index (κ1) is 28.4. The normalized spacial score (nSPS) is 14.0. The van der Waals surface area contributed by atoms with E-state index >= 15 is 0 Å². The van der Waals surface area contributed by atoms with Gasteiger partial charge < -0.3 is 9.47 Å². The summed E-state index contributed by atoms with van der Waals surface area (Å²) in [5.41, 5.74) is 13.6. The first-order valence-electron chi connectivity index (χ1n) is 16.8. The van der Waals surface area contributed by atoms with Crippen LogP contribution in [0.2, 0.25) is 0 Å². The van der Waals surface area contributed by atoms with Gasteiger partial charge in [0.2, 0.25) is 0 Å². The Kier molecular flexibility index (Phi) is 6.58. The molecule has 6 aromatic carbocycles. The second kappa shape index (κ2) is 11.1. The van der Waals surface area contributed by atoms with Crippen LogP contribution in [0.1, 0.15) is 31.4 Å². The largest absolute Gasteiger partial charge is 0.310 e. The minimum Gasteiger partial charge on any atom is -0.310 e. The molecule has 230 valence electrons. The van der Waals surface area contributed by atoms with E-state index < -0.39 is 0 Å². The number of hydrogen-bond donors (Lipinski definition) is 0. The zero-order valence-corrected chi connectivity index (χ0v) is 27.3. The molecule has 0 unspecified atom stereocenters. The molecule has 0 atom stereocenters. The van der Waals surface area contributed by atoms with Crippen LogP contribution in [0.15, 0.2) is 158 Å². The van der Waals surface area contributed by atoms with E-state index in [-0.39, 0.29) is 5.41 Å². The van der Waals surface area contributed by atoms with Crippen molar-refractivity contribution in [2.24, 2.45) is 0 Å². The minimum atomic E-state index is -0.0690. The monoisotopic (exact) mass is 616 g/mol. The van der Waals surface area contributed by atoms with Gasteiger partial charge in [0, 0.05) is 38.8 Å². The zero-order valence-electron chi connectivity index (χ0n) is 27.3. The molecule has 2 aliphatic carbocycles. The van der Waals surface area contributed by atoms with Crippen LogP contribution >= 0.6 is 0 Å². The summed E-state index contributed by atoms with van der Waals surface area (Å²) in [7, 11) is 0. The molecule has 48 heavy (non-hydrogen) atoms. The number of para-hydroxylation sites is 1. The summed E-state index contributed by atoms with van der Waals surface area (Å²) in [4.78, 5) is 2.37. The van der Waals surface area contributed by atoms with Crippen molar-refractivity contribution in [1.29, 1.82) is 0 Å². The molecule has 9 rings (SSSR count).